The van der Waals surface area contributed by atoms with Crippen LogP contribution in [0.1, 0.15) is 39.2 Å². The van der Waals surface area contributed by atoms with E-state index in [1.165, 1.54) is 6.33 Å². The Labute approximate surface area is 205 Å². The van der Waals surface area contributed by atoms with E-state index in [2.05, 4.69) is 21.0 Å². The first-order chi connectivity index (χ1) is 16.8. The third-order valence-corrected chi connectivity index (χ3v) is 5.50. The summed E-state index contributed by atoms with van der Waals surface area (Å²) in [7, 11) is 0. The van der Waals surface area contributed by atoms with Gasteiger partial charge in [-0.1, -0.05) is 6.07 Å². The molecule has 1 aliphatic rings. The fourth-order valence-electron chi connectivity index (χ4n) is 3.99. The molecule has 1 aliphatic heterocycles. The fraction of sp³-hybridized carbons (Fsp3) is 0.346. The highest BCUT2D eigenvalue weighted by Crippen LogP contribution is 2.37. The van der Waals surface area contributed by atoms with Crippen LogP contribution in [0, 0.1) is 11.3 Å². The Balaban J connectivity index is 1.66. The second-order valence-electron chi connectivity index (χ2n) is 9.26. The van der Waals surface area contributed by atoms with Crippen molar-refractivity contribution >= 4 is 17.5 Å². The number of benzene rings is 1. The number of carbonyl (C=O) groups is 1. The first-order valence-electron chi connectivity index (χ1n) is 11.5. The van der Waals surface area contributed by atoms with Crippen LogP contribution in [-0.2, 0) is 4.74 Å². The second kappa shape index (κ2) is 10.4. The van der Waals surface area contributed by atoms with Crippen LogP contribution >= 0.6 is 0 Å². The first kappa shape index (κ1) is 24.0. The highest BCUT2D eigenvalue weighted by molar-refractivity contribution is 5.71. The zero-order valence-electron chi connectivity index (χ0n) is 20.1. The number of carbonyl (C=O) groups excluding carboxylic acids is 1. The van der Waals surface area contributed by atoms with Crippen molar-refractivity contribution in [1.29, 1.82) is 5.26 Å². The number of hydrogen-bond acceptors (Lipinski definition) is 8. The summed E-state index contributed by atoms with van der Waals surface area (Å²) in [6, 6.07) is 10.8. The summed E-state index contributed by atoms with van der Waals surface area (Å²) >= 11 is 0. The monoisotopic (exact) mass is 472 g/mol. The van der Waals surface area contributed by atoms with Crippen LogP contribution in [0.3, 0.4) is 0 Å². The standard InChI is InChI=1S/C26H28N6O3/c1-26(2,3)35-25(33)31-11-5-7-20(31)17-32(21-14-29-18-30-15-21)23-16-28-10-9-24(23)34-22-8-4-6-19(12-22)13-27/h4,6,8-10,12,14-16,18,20H,5,7,11,17H2,1-3H3. The zero-order valence-corrected chi connectivity index (χ0v) is 20.1. The van der Waals surface area contributed by atoms with Crippen molar-refractivity contribution in [2.45, 2.75) is 45.3 Å². The van der Waals surface area contributed by atoms with Crippen LogP contribution in [0.25, 0.3) is 0 Å². The molecule has 0 saturated carbocycles. The molecule has 1 fully saturated rings. The quantitative estimate of drug-likeness (QED) is 0.489. The van der Waals surface area contributed by atoms with Crippen LogP contribution in [0.4, 0.5) is 16.2 Å². The maximum absolute atomic E-state index is 12.9. The second-order valence-corrected chi connectivity index (χ2v) is 9.26. The van der Waals surface area contributed by atoms with Gasteiger partial charge in [-0.3, -0.25) is 4.98 Å². The summed E-state index contributed by atoms with van der Waals surface area (Å²) in [6.07, 6.45) is 9.67. The van der Waals surface area contributed by atoms with Crippen LogP contribution in [0.2, 0.25) is 0 Å². The summed E-state index contributed by atoms with van der Waals surface area (Å²) in [5.41, 5.74) is 1.37. The highest BCUT2D eigenvalue weighted by atomic mass is 16.6. The molecule has 1 aromatic carbocycles. The largest absolute Gasteiger partial charge is 0.455 e. The number of ether oxygens (including phenoxy) is 2. The molecule has 0 aliphatic carbocycles. The molecule has 1 unspecified atom stereocenters. The van der Waals surface area contributed by atoms with Crippen LogP contribution in [-0.4, -0.2) is 50.7 Å². The lowest BCUT2D eigenvalue weighted by Crippen LogP contribution is -2.44. The number of amides is 1. The van der Waals surface area contributed by atoms with Crippen LogP contribution < -0.4 is 9.64 Å². The maximum Gasteiger partial charge on any atom is 0.410 e. The van der Waals surface area contributed by atoms with Crippen LogP contribution in [0.5, 0.6) is 11.5 Å². The minimum absolute atomic E-state index is 0.0833. The van der Waals surface area contributed by atoms with E-state index in [4.69, 9.17) is 9.47 Å². The normalized spacial score (nSPS) is 15.4. The molecular weight excluding hydrogens is 444 g/mol. The zero-order chi connectivity index (χ0) is 24.8. The van der Waals surface area contributed by atoms with E-state index in [0.29, 0.717) is 35.8 Å². The molecule has 0 bridgehead atoms. The Bertz CT molecular complexity index is 1210. The Hall–Kier alpha value is -4.19. The Morgan fingerprint density at radius 1 is 1.20 bits per heavy atom. The van der Waals surface area contributed by atoms with Gasteiger partial charge >= 0.3 is 6.09 Å². The molecule has 1 saturated heterocycles. The average Bonchev–Trinajstić information content (AvgIpc) is 3.31. The maximum atomic E-state index is 12.9. The topological polar surface area (TPSA) is 104 Å². The van der Waals surface area contributed by atoms with Gasteiger partial charge < -0.3 is 19.3 Å². The predicted octanol–water partition coefficient (Wildman–Crippen LogP) is 5.07. The number of nitriles is 1. The van der Waals surface area contributed by atoms with Gasteiger partial charge in [0, 0.05) is 25.4 Å². The van der Waals surface area contributed by atoms with E-state index in [1.54, 1.807) is 60.0 Å². The lowest BCUT2D eigenvalue weighted by atomic mass is 10.1. The molecule has 0 radical (unpaired) electrons. The van der Waals surface area contributed by atoms with Crippen molar-refractivity contribution in [3.8, 4) is 17.6 Å². The summed E-state index contributed by atoms with van der Waals surface area (Å²) in [6.45, 7) is 6.71. The molecule has 0 N–H and O–H groups in total. The molecule has 9 nitrogen and oxygen atoms in total. The minimum atomic E-state index is -0.570. The molecule has 3 aromatic rings. The van der Waals surface area contributed by atoms with Gasteiger partial charge in [0.05, 0.1) is 42.0 Å². The minimum Gasteiger partial charge on any atom is -0.455 e. The number of pyridine rings is 1. The number of aromatic nitrogens is 3. The number of likely N-dealkylation sites (tertiary alicyclic amines) is 1. The average molecular weight is 473 g/mol. The predicted molar refractivity (Wildman–Crippen MR) is 130 cm³/mol. The summed E-state index contributed by atoms with van der Waals surface area (Å²) in [5.74, 6) is 1.10. The van der Waals surface area contributed by atoms with Crippen molar-refractivity contribution < 1.29 is 14.3 Å². The third-order valence-electron chi connectivity index (χ3n) is 5.50. The van der Waals surface area contributed by atoms with Gasteiger partial charge in [-0.05, 0) is 51.8 Å². The van der Waals surface area contributed by atoms with Crippen molar-refractivity contribution in [3.05, 3.63) is 67.0 Å². The van der Waals surface area contributed by atoms with Gasteiger partial charge in [0.1, 0.15) is 23.4 Å². The summed E-state index contributed by atoms with van der Waals surface area (Å²) in [5, 5.41) is 9.24. The number of anilines is 2. The summed E-state index contributed by atoms with van der Waals surface area (Å²) < 4.78 is 11.8. The Morgan fingerprint density at radius 2 is 2.00 bits per heavy atom. The van der Waals surface area contributed by atoms with Crippen molar-refractivity contribution in [2.75, 3.05) is 18.0 Å². The van der Waals surface area contributed by atoms with Crippen molar-refractivity contribution in [1.82, 2.24) is 19.9 Å². The van der Waals surface area contributed by atoms with Gasteiger partial charge in [0.15, 0.2) is 5.75 Å². The Kier molecular flexibility index (Phi) is 7.11. The fourth-order valence-corrected chi connectivity index (χ4v) is 3.99. The molecule has 9 heteroatoms. The highest BCUT2D eigenvalue weighted by Gasteiger charge is 2.34. The molecule has 180 valence electrons. The Morgan fingerprint density at radius 3 is 2.74 bits per heavy atom. The number of hydrogen-bond donors (Lipinski definition) is 0. The SMILES string of the molecule is CC(C)(C)OC(=O)N1CCCC1CN(c1cncnc1)c1cnccc1Oc1cccc(C#N)c1. The van der Waals surface area contributed by atoms with Gasteiger partial charge in [0.25, 0.3) is 0 Å². The van der Waals surface area contributed by atoms with Gasteiger partial charge in [0.2, 0.25) is 0 Å². The van der Waals surface area contributed by atoms with Crippen LogP contribution in [0.15, 0.2) is 61.4 Å². The summed E-state index contributed by atoms with van der Waals surface area (Å²) in [4.78, 5) is 29.4. The first-order valence-corrected chi connectivity index (χ1v) is 11.5. The van der Waals surface area contributed by atoms with Gasteiger partial charge in [-0.2, -0.15) is 5.26 Å². The molecular formula is C26H28N6O3. The van der Waals surface area contributed by atoms with Gasteiger partial charge in [-0.25, -0.2) is 14.8 Å². The number of nitrogens with zero attached hydrogens (tertiary/aromatic N) is 6. The number of rotatable bonds is 6. The van der Waals surface area contributed by atoms with Crippen molar-refractivity contribution in [2.24, 2.45) is 0 Å². The molecule has 2 aromatic heterocycles. The lowest BCUT2D eigenvalue weighted by Gasteiger charge is -2.33. The van der Waals surface area contributed by atoms with E-state index >= 15 is 0 Å². The molecule has 1 atom stereocenters. The van der Waals surface area contributed by atoms with Crippen molar-refractivity contribution in [3.63, 3.8) is 0 Å². The van der Waals surface area contributed by atoms with E-state index in [-0.39, 0.29) is 12.1 Å². The lowest BCUT2D eigenvalue weighted by molar-refractivity contribution is 0.0232. The molecule has 1 amide bonds. The molecule has 0 spiro atoms. The van der Waals surface area contributed by atoms with Gasteiger partial charge in [-0.15, -0.1) is 0 Å². The van der Waals surface area contributed by atoms with E-state index in [0.717, 1.165) is 18.5 Å². The molecule has 35 heavy (non-hydrogen) atoms. The third kappa shape index (κ3) is 6.03. The smallest absolute Gasteiger partial charge is 0.410 e. The van der Waals surface area contributed by atoms with E-state index < -0.39 is 5.60 Å². The van der Waals surface area contributed by atoms with E-state index in [1.807, 2.05) is 25.7 Å². The molecule has 4 rings (SSSR count). The molecule has 3 heterocycles. The van der Waals surface area contributed by atoms with E-state index in [9.17, 15) is 10.1 Å².